The topological polar surface area (TPSA) is 38.0 Å². The van der Waals surface area contributed by atoms with Crippen LogP contribution in [-0.4, -0.2) is 21.0 Å². The first kappa shape index (κ1) is 11.9. The van der Waals surface area contributed by atoms with Crippen LogP contribution in [0.3, 0.4) is 0 Å². The van der Waals surface area contributed by atoms with Crippen LogP contribution < -0.4 is 0 Å². The summed E-state index contributed by atoms with van der Waals surface area (Å²) in [6.07, 6.45) is 6.64. The molecule has 0 saturated heterocycles. The highest BCUT2D eigenvalue weighted by atomic mass is 79.9. The van der Waals surface area contributed by atoms with Crippen LogP contribution in [0.4, 0.5) is 0 Å². The Kier molecular flexibility index (Phi) is 3.22. The van der Waals surface area contributed by atoms with E-state index in [-0.39, 0.29) is 12.1 Å². The maximum atomic E-state index is 9.89. The summed E-state index contributed by atoms with van der Waals surface area (Å²) in [6.45, 7) is 0. The van der Waals surface area contributed by atoms with Crippen molar-refractivity contribution in [2.75, 3.05) is 0 Å². The fourth-order valence-corrected chi connectivity index (χ4v) is 2.80. The molecule has 3 nitrogen and oxygen atoms in total. The Morgan fingerprint density at radius 3 is 2.61 bits per heavy atom. The SMILES string of the molecule is O[C@H]1CCCC1n1cc(-c2ccc(Br)cc2)cn1. The van der Waals surface area contributed by atoms with Crippen LogP contribution in [0.15, 0.2) is 41.1 Å². The van der Waals surface area contributed by atoms with E-state index in [9.17, 15) is 5.11 Å². The third-order valence-electron chi connectivity index (χ3n) is 3.56. The second kappa shape index (κ2) is 4.86. The number of hydrogen-bond acceptors (Lipinski definition) is 2. The van der Waals surface area contributed by atoms with Crippen molar-refractivity contribution in [3.05, 3.63) is 41.1 Å². The van der Waals surface area contributed by atoms with E-state index >= 15 is 0 Å². The molecular formula is C14H15BrN2O. The van der Waals surface area contributed by atoms with Gasteiger partial charge in [-0.05, 0) is 37.0 Å². The first-order valence-corrected chi connectivity index (χ1v) is 7.01. The summed E-state index contributed by atoms with van der Waals surface area (Å²) in [6, 6.07) is 8.33. The van der Waals surface area contributed by atoms with Gasteiger partial charge in [-0.1, -0.05) is 28.1 Å². The van der Waals surface area contributed by atoms with Crippen LogP contribution in [0.1, 0.15) is 25.3 Å². The molecule has 0 bridgehead atoms. The van der Waals surface area contributed by atoms with Crippen molar-refractivity contribution in [2.24, 2.45) is 0 Å². The van der Waals surface area contributed by atoms with Crippen molar-refractivity contribution in [1.82, 2.24) is 9.78 Å². The zero-order chi connectivity index (χ0) is 12.5. The summed E-state index contributed by atoms with van der Waals surface area (Å²) in [5.41, 5.74) is 2.25. The molecule has 0 radical (unpaired) electrons. The Morgan fingerprint density at radius 1 is 1.17 bits per heavy atom. The number of rotatable bonds is 2. The van der Waals surface area contributed by atoms with Gasteiger partial charge in [0.15, 0.2) is 0 Å². The molecule has 4 heteroatoms. The Balaban J connectivity index is 1.87. The van der Waals surface area contributed by atoms with E-state index in [0.29, 0.717) is 0 Å². The van der Waals surface area contributed by atoms with Gasteiger partial charge in [-0.3, -0.25) is 4.68 Å². The summed E-state index contributed by atoms with van der Waals surface area (Å²) in [5, 5.41) is 14.3. The van der Waals surface area contributed by atoms with E-state index in [1.807, 2.05) is 29.2 Å². The average molecular weight is 307 g/mol. The van der Waals surface area contributed by atoms with E-state index in [0.717, 1.165) is 34.9 Å². The molecule has 1 aliphatic rings. The highest BCUT2D eigenvalue weighted by molar-refractivity contribution is 9.10. The molecule has 94 valence electrons. The first-order valence-electron chi connectivity index (χ1n) is 6.22. The average Bonchev–Trinajstić information content (AvgIpc) is 2.98. The van der Waals surface area contributed by atoms with Gasteiger partial charge in [0.05, 0.1) is 18.3 Å². The maximum absolute atomic E-state index is 9.89. The van der Waals surface area contributed by atoms with Gasteiger partial charge in [0, 0.05) is 16.2 Å². The molecule has 1 unspecified atom stereocenters. The molecule has 1 aromatic heterocycles. The van der Waals surface area contributed by atoms with Crippen molar-refractivity contribution >= 4 is 15.9 Å². The summed E-state index contributed by atoms with van der Waals surface area (Å²) in [4.78, 5) is 0. The summed E-state index contributed by atoms with van der Waals surface area (Å²) in [7, 11) is 0. The van der Waals surface area contributed by atoms with Crippen molar-refractivity contribution in [1.29, 1.82) is 0 Å². The third kappa shape index (κ3) is 2.22. The Hall–Kier alpha value is -1.13. The highest BCUT2D eigenvalue weighted by Crippen LogP contribution is 2.31. The number of aliphatic hydroxyl groups excluding tert-OH is 1. The van der Waals surface area contributed by atoms with Crippen molar-refractivity contribution < 1.29 is 5.11 Å². The fourth-order valence-electron chi connectivity index (χ4n) is 2.54. The van der Waals surface area contributed by atoms with Crippen LogP contribution in [-0.2, 0) is 0 Å². The number of aliphatic hydroxyl groups is 1. The highest BCUT2D eigenvalue weighted by Gasteiger charge is 2.27. The van der Waals surface area contributed by atoms with Gasteiger partial charge in [0.2, 0.25) is 0 Å². The van der Waals surface area contributed by atoms with E-state index < -0.39 is 0 Å². The molecular weight excluding hydrogens is 292 g/mol. The van der Waals surface area contributed by atoms with Gasteiger partial charge in [0.25, 0.3) is 0 Å². The van der Waals surface area contributed by atoms with Crippen LogP contribution in [0.5, 0.6) is 0 Å². The largest absolute Gasteiger partial charge is 0.391 e. The Bertz CT molecular complexity index is 535. The molecule has 2 aromatic rings. The van der Waals surface area contributed by atoms with Crippen molar-refractivity contribution in [3.8, 4) is 11.1 Å². The first-order chi connectivity index (χ1) is 8.74. The van der Waals surface area contributed by atoms with Gasteiger partial charge in [-0.2, -0.15) is 5.10 Å². The van der Waals surface area contributed by atoms with E-state index in [4.69, 9.17) is 0 Å². The number of benzene rings is 1. The van der Waals surface area contributed by atoms with Crippen molar-refractivity contribution in [3.63, 3.8) is 0 Å². The smallest absolute Gasteiger partial charge is 0.0778 e. The molecule has 2 atom stereocenters. The van der Waals surface area contributed by atoms with Crippen LogP contribution >= 0.6 is 15.9 Å². The summed E-state index contributed by atoms with van der Waals surface area (Å²) >= 11 is 3.43. The maximum Gasteiger partial charge on any atom is 0.0778 e. The van der Waals surface area contributed by atoms with E-state index in [2.05, 4.69) is 33.2 Å². The van der Waals surface area contributed by atoms with Gasteiger partial charge < -0.3 is 5.11 Å². The number of aromatic nitrogens is 2. The molecule has 3 rings (SSSR count). The molecule has 0 aliphatic heterocycles. The lowest BCUT2D eigenvalue weighted by Gasteiger charge is -2.14. The second-order valence-electron chi connectivity index (χ2n) is 4.78. The second-order valence-corrected chi connectivity index (χ2v) is 5.70. The third-order valence-corrected chi connectivity index (χ3v) is 4.09. The molecule has 1 aromatic carbocycles. The number of halogens is 1. The van der Waals surface area contributed by atoms with Gasteiger partial charge in [-0.15, -0.1) is 0 Å². The van der Waals surface area contributed by atoms with Gasteiger partial charge in [0.1, 0.15) is 0 Å². The lowest BCUT2D eigenvalue weighted by atomic mass is 10.1. The van der Waals surface area contributed by atoms with Gasteiger partial charge >= 0.3 is 0 Å². The van der Waals surface area contributed by atoms with Crippen molar-refractivity contribution in [2.45, 2.75) is 31.4 Å². The number of hydrogen-bond donors (Lipinski definition) is 1. The minimum absolute atomic E-state index is 0.147. The zero-order valence-corrected chi connectivity index (χ0v) is 11.5. The minimum atomic E-state index is -0.248. The molecule has 18 heavy (non-hydrogen) atoms. The molecule has 1 aliphatic carbocycles. The predicted molar refractivity (Wildman–Crippen MR) is 74.3 cm³/mol. The number of nitrogens with zero attached hydrogens (tertiary/aromatic N) is 2. The summed E-state index contributed by atoms with van der Waals surface area (Å²) in [5.74, 6) is 0. The minimum Gasteiger partial charge on any atom is -0.391 e. The standard InChI is InChI=1S/C14H15BrN2O/c15-12-6-4-10(5-7-12)11-8-16-17(9-11)13-2-1-3-14(13)18/h4-9,13-14,18H,1-3H2/t13?,14-/m0/s1. The quantitative estimate of drug-likeness (QED) is 0.923. The molecule has 1 N–H and O–H groups in total. The summed E-state index contributed by atoms with van der Waals surface area (Å²) < 4.78 is 2.99. The fraction of sp³-hybridized carbons (Fsp3) is 0.357. The molecule has 0 amide bonds. The molecule has 1 saturated carbocycles. The van der Waals surface area contributed by atoms with Crippen LogP contribution in [0.25, 0.3) is 11.1 Å². The monoisotopic (exact) mass is 306 g/mol. The lowest BCUT2D eigenvalue weighted by molar-refractivity contribution is 0.130. The normalized spacial score (nSPS) is 23.4. The van der Waals surface area contributed by atoms with E-state index in [1.165, 1.54) is 0 Å². The van der Waals surface area contributed by atoms with Gasteiger partial charge in [-0.25, -0.2) is 0 Å². The van der Waals surface area contributed by atoms with E-state index in [1.54, 1.807) is 0 Å². The Morgan fingerprint density at radius 2 is 1.94 bits per heavy atom. The Labute approximate surface area is 115 Å². The lowest BCUT2D eigenvalue weighted by Crippen LogP contribution is -2.18. The van der Waals surface area contributed by atoms with Crippen LogP contribution in [0, 0.1) is 0 Å². The molecule has 0 spiro atoms. The zero-order valence-electron chi connectivity index (χ0n) is 9.96. The predicted octanol–water partition coefficient (Wildman–Crippen LogP) is 3.40. The molecule has 1 heterocycles. The van der Waals surface area contributed by atoms with Crippen LogP contribution in [0.2, 0.25) is 0 Å². The molecule has 1 fully saturated rings.